The van der Waals surface area contributed by atoms with Crippen LogP contribution in [0.2, 0.25) is 0 Å². The maximum atomic E-state index is 13.3. The van der Waals surface area contributed by atoms with Gasteiger partial charge in [-0.05, 0) is 31.4 Å². The number of hydrogen-bond donors (Lipinski definition) is 0. The first-order chi connectivity index (χ1) is 6.72. The van der Waals surface area contributed by atoms with Gasteiger partial charge in [-0.1, -0.05) is 26.0 Å². The van der Waals surface area contributed by atoms with Crippen molar-refractivity contribution in [2.24, 2.45) is 0 Å². The Bertz CT molecular complexity index is 342. The van der Waals surface area contributed by atoms with Gasteiger partial charge in [-0.15, -0.1) is 0 Å². The summed E-state index contributed by atoms with van der Waals surface area (Å²) >= 11 is 0. The highest BCUT2D eigenvalue weighted by Gasteiger charge is 2.05. The van der Waals surface area contributed by atoms with Gasteiger partial charge in [-0.25, -0.2) is 4.98 Å². The summed E-state index contributed by atoms with van der Waals surface area (Å²) in [6.07, 6.45) is 3.55. The number of halogens is 1. The zero-order valence-corrected chi connectivity index (χ0v) is 8.97. The Morgan fingerprint density at radius 2 is 2.14 bits per heavy atom. The highest BCUT2D eigenvalue weighted by atomic mass is 19.1. The first-order valence-electron chi connectivity index (χ1n) is 5.03. The number of aryl methyl sites for hydroxylation is 1. The van der Waals surface area contributed by atoms with Crippen molar-refractivity contribution in [3.05, 3.63) is 35.4 Å². The molecule has 0 amide bonds. The molecule has 0 aliphatic carbocycles. The van der Waals surface area contributed by atoms with Gasteiger partial charge in [0, 0.05) is 5.56 Å². The number of pyridine rings is 1. The number of aromatic nitrogens is 1. The Labute approximate surface area is 84.7 Å². The lowest BCUT2D eigenvalue weighted by molar-refractivity contribution is 0.567. The molecule has 1 aromatic rings. The number of nitrogens with zero attached hydrogens (tertiary/aromatic N) is 1. The molecule has 1 rings (SSSR count). The molecule has 1 heterocycles. The normalized spacial score (nSPS) is 11.9. The van der Waals surface area contributed by atoms with Crippen molar-refractivity contribution in [1.29, 1.82) is 0 Å². The van der Waals surface area contributed by atoms with Crippen LogP contribution in [0.5, 0.6) is 0 Å². The van der Waals surface area contributed by atoms with Gasteiger partial charge in [-0.2, -0.15) is 4.39 Å². The quantitative estimate of drug-likeness (QED) is 0.668. The maximum Gasteiger partial charge on any atom is 0.216 e. The minimum Gasteiger partial charge on any atom is -0.220 e. The van der Waals surface area contributed by atoms with E-state index < -0.39 is 0 Å². The average molecular weight is 193 g/mol. The van der Waals surface area contributed by atoms with Crippen LogP contribution in [0.1, 0.15) is 38.4 Å². The summed E-state index contributed by atoms with van der Waals surface area (Å²) in [5.41, 5.74) is 2.52. The molecule has 0 saturated heterocycles. The van der Waals surface area contributed by atoms with Crippen LogP contribution < -0.4 is 0 Å². The second-order valence-electron chi connectivity index (χ2n) is 3.17. The van der Waals surface area contributed by atoms with Crippen LogP contribution in [0.3, 0.4) is 0 Å². The molecule has 2 heteroatoms. The van der Waals surface area contributed by atoms with Gasteiger partial charge in [0.25, 0.3) is 0 Å². The first kappa shape index (κ1) is 10.9. The van der Waals surface area contributed by atoms with Gasteiger partial charge in [0.1, 0.15) is 0 Å². The van der Waals surface area contributed by atoms with Gasteiger partial charge in [0.05, 0.1) is 5.69 Å². The van der Waals surface area contributed by atoms with Gasteiger partial charge >= 0.3 is 0 Å². The fourth-order valence-electron chi connectivity index (χ4n) is 1.44. The fourth-order valence-corrected chi connectivity index (χ4v) is 1.44. The van der Waals surface area contributed by atoms with Crippen molar-refractivity contribution >= 4 is 5.57 Å². The molecular formula is C12H16FN. The third kappa shape index (κ3) is 2.19. The first-order valence-corrected chi connectivity index (χ1v) is 5.03. The van der Waals surface area contributed by atoms with Crippen LogP contribution in [0, 0.1) is 5.95 Å². The van der Waals surface area contributed by atoms with Crippen molar-refractivity contribution in [2.75, 3.05) is 0 Å². The van der Waals surface area contributed by atoms with Crippen LogP contribution in [-0.4, -0.2) is 4.98 Å². The van der Waals surface area contributed by atoms with Crippen molar-refractivity contribution in [2.45, 2.75) is 33.6 Å². The van der Waals surface area contributed by atoms with Crippen LogP contribution in [0.4, 0.5) is 4.39 Å². The van der Waals surface area contributed by atoms with Crippen LogP contribution in [-0.2, 0) is 6.42 Å². The predicted molar refractivity (Wildman–Crippen MR) is 57.5 cm³/mol. The molecule has 1 aromatic heterocycles. The second-order valence-corrected chi connectivity index (χ2v) is 3.17. The molecule has 0 spiro atoms. The van der Waals surface area contributed by atoms with E-state index in [0.717, 1.165) is 17.7 Å². The zero-order valence-electron chi connectivity index (χ0n) is 8.97. The standard InChI is InChI=1S/C12H16FN/c1-4-9(5-2)11-8-7-10(6-3)12(13)14-11/h4,7-8H,5-6H2,1-3H3/b9-4+. The Morgan fingerprint density at radius 3 is 2.57 bits per heavy atom. The Kier molecular flexibility index (Phi) is 3.81. The third-order valence-corrected chi connectivity index (χ3v) is 2.37. The van der Waals surface area contributed by atoms with Gasteiger partial charge in [0.2, 0.25) is 5.95 Å². The average Bonchev–Trinajstić information content (AvgIpc) is 2.20. The van der Waals surface area contributed by atoms with E-state index in [4.69, 9.17) is 0 Å². The predicted octanol–water partition coefficient (Wildman–Crippen LogP) is 3.60. The van der Waals surface area contributed by atoms with E-state index in [1.54, 1.807) is 0 Å². The van der Waals surface area contributed by atoms with Crippen LogP contribution in [0.25, 0.3) is 5.57 Å². The molecule has 0 atom stereocenters. The van der Waals surface area contributed by atoms with E-state index in [9.17, 15) is 4.39 Å². The minimum atomic E-state index is -0.335. The minimum absolute atomic E-state index is 0.335. The number of hydrogen-bond acceptors (Lipinski definition) is 1. The lowest BCUT2D eigenvalue weighted by Gasteiger charge is -2.05. The molecule has 0 unspecified atom stereocenters. The molecule has 14 heavy (non-hydrogen) atoms. The lowest BCUT2D eigenvalue weighted by atomic mass is 10.1. The Morgan fingerprint density at radius 1 is 1.43 bits per heavy atom. The van der Waals surface area contributed by atoms with Crippen LogP contribution >= 0.6 is 0 Å². The van der Waals surface area contributed by atoms with E-state index in [-0.39, 0.29) is 5.95 Å². The van der Waals surface area contributed by atoms with E-state index in [1.807, 2.05) is 39.0 Å². The van der Waals surface area contributed by atoms with E-state index in [0.29, 0.717) is 12.0 Å². The summed E-state index contributed by atoms with van der Waals surface area (Å²) in [6, 6.07) is 3.71. The fraction of sp³-hybridized carbons (Fsp3) is 0.417. The van der Waals surface area contributed by atoms with Crippen molar-refractivity contribution in [3.8, 4) is 0 Å². The number of rotatable bonds is 3. The number of allylic oxidation sites excluding steroid dienone is 2. The molecule has 0 fully saturated rings. The summed E-state index contributed by atoms with van der Waals surface area (Å²) in [5, 5.41) is 0. The topological polar surface area (TPSA) is 12.9 Å². The van der Waals surface area contributed by atoms with E-state index in [1.165, 1.54) is 0 Å². The van der Waals surface area contributed by atoms with Crippen molar-refractivity contribution in [3.63, 3.8) is 0 Å². The van der Waals surface area contributed by atoms with E-state index in [2.05, 4.69) is 4.98 Å². The molecule has 76 valence electrons. The third-order valence-electron chi connectivity index (χ3n) is 2.37. The smallest absolute Gasteiger partial charge is 0.216 e. The van der Waals surface area contributed by atoms with E-state index >= 15 is 0 Å². The Balaban J connectivity index is 3.08. The molecule has 0 bridgehead atoms. The molecule has 0 saturated carbocycles. The highest BCUT2D eigenvalue weighted by Crippen LogP contribution is 2.17. The highest BCUT2D eigenvalue weighted by molar-refractivity contribution is 5.61. The molecular weight excluding hydrogens is 177 g/mol. The summed E-state index contributed by atoms with van der Waals surface area (Å²) in [5.74, 6) is -0.335. The summed E-state index contributed by atoms with van der Waals surface area (Å²) in [7, 11) is 0. The molecule has 0 radical (unpaired) electrons. The zero-order chi connectivity index (χ0) is 10.6. The summed E-state index contributed by atoms with van der Waals surface area (Å²) in [4.78, 5) is 3.95. The maximum absolute atomic E-state index is 13.3. The second kappa shape index (κ2) is 4.89. The summed E-state index contributed by atoms with van der Waals surface area (Å²) < 4.78 is 13.3. The van der Waals surface area contributed by atoms with Gasteiger partial charge in [-0.3, -0.25) is 0 Å². The SMILES string of the molecule is C/C=C(\CC)c1ccc(CC)c(F)n1. The van der Waals surface area contributed by atoms with Crippen molar-refractivity contribution in [1.82, 2.24) is 4.98 Å². The van der Waals surface area contributed by atoms with Gasteiger partial charge in [0.15, 0.2) is 0 Å². The monoisotopic (exact) mass is 193 g/mol. The summed E-state index contributed by atoms with van der Waals surface area (Å²) in [6.45, 7) is 5.92. The van der Waals surface area contributed by atoms with Crippen molar-refractivity contribution < 1.29 is 4.39 Å². The molecule has 1 nitrogen and oxygen atoms in total. The molecule has 0 N–H and O–H groups in total. The largest absolute Gasteiger partial charge is 0.220 e. The Hall–Kier alpha value is -1.18. The molecule has 0 aromatic carbocycles. The lowest BCUT2D eigenvalue weighted by Crippen LogP contribution is -1.96. The van der Waals surface area contributed by atoms with Gasteiger partial charge < -0.3 is 0 Å². The molecule has 0 aliphatic heterocycles. The molecule has 0 aliphatic rings. The van der Waals surface area contributed by atoms with Crippen LogP contribution in [0.15, 0.2) is 18.2 Å².